The summed E-state index contributed by atoms with van der Waals surface area (Å²) in [5.74, 6) is -1.40. The van der Waals surface area contributed by atoms with Crippen LogP contribution in [0.15, 0.2) is 47.1 Å². The van der Waals surface area contributed by atoms with Crippen LogP contribution in [0.25, 0.3) is 0 Å². The summed E-state index contributed by atoms with van der Waals surface area (Å²) in [4.78, 5) is 23.6. The zero-order chi connectivity index (χ0) is 17.7. The van der Waals surface area contributed by atoms with Gasteiger partial charge < -0.3 is 4.42 Å². The highest BCUT2D eigenvalue weighted by atomic mass is 35.5. The van der Waals surface area contributed by atoms with Crippen molar-refractivity contribution < 1.29 is 22.4 Å². The van der Waals surface area contributed by atoms with Gasteiger partial charge in [-0.15, -0.1) is 0 Å². The number of benzene rings is 1. The van der Waals surface area contributed by atoms with E-state index in [9.17, 15) is 18.0 Å². The first-order chi connectivity index (χ1) is 11.3. The number of furan rings is 1. The molecule has 2 N–H and O–H groups in total. The minimum Gasteiger partial charge on any atom is -0.459 e. The normalized spacial score (nSPS) is 10.9. The van der Waals surface area contributed by atoms with Crippen molar-refractivity contribution in [3.8, 4) is 0 Å². The van der Waals surface area contributed by atoms with Gasteiger partial charge in [0, 0.05) is 5.02 Å². The molecule has 0 aliphatic rings. The number of nitrogens with zero attached hydrogens (tertiary/aromatic N) is 1. The van der Waals surface area contributed by atoms with Gasteiger partial charge in [0.25, 0.3) is 5.91 Å². The van der Waals surface area contributed by atoms with Gasteiger partial charge in [-0.3, -0.25) is 24.7 Å². The molecule has 128 valence electrons. The summed E-state index contributed by atoms with van der Waals surface area (Å²) in [7, 11) is -3.73. The fourth-order valence-electron chi connectivity index (χ4n) is 1.80. The summed E-state index contributed by atoms with van der Waals surface area (Å²) in [6.45, 7) is -0.530. The molecule has 1 aromatic heterocycles. The SMILES string of the molecule is CS(=O)(=O)N(CC(=O)NNC(=O)c1ccco1)c1cccc(Cl)c1. The molecular formula is C14H14ClN3O5S. The van der Waals surface area contributed by atoms with Crippen molar-refractivity contribution in [3.05, 3.63) is 53.4 Å². The van der Waals surface area contributed by atoms with Crippen molar-refractivity contribution in [2.45, 2.75) is 0 Å². The van der Waals surface area contributed by atoms with E-state index in [0.717, 1.165) is 10.6 Å². The average Bonchev–Trinajstić information content (AvgIpc) is 3.03. The Morgan fingerprint density at radius 2 is 1.96 bits per heavy atom. The molecular weight excluding hydrogens is 358 g/mol. The number of hydrazine groups is 1. The third kappa shape index (κ3) is 4.74. The number of carbonyl (C=O) groups excluding carboxylic acids is 2. The molecule has 10 heteroatoms. The Bertz CT molecular complexity index is 836. The van der Waals surface area contributed by atoms with Gasteiger partial charge in [-0.25, -0.2) is 8.42 Å². The van der Waals surface area contributed by atoms with E-state index in [1.165, 1.54) is 30.5 Å². The van der Waals surface area contributed by atoms with E-state index in [1.54, 1.807) is 12.1 Å². The standard InChI is InChI=1S/C14H14ClN3O5S/c1-24(21,22)18(11-5-2-4-10(15)8-11)9-13(19)16-17-14(20)12-6-3-7-23-12/h2-8H,9H2,1H3,(H,16,19)(H,17,20). The number of rotatable bonds is 5. The highest BCUT2D eigenvalue weighted by Gasteiger charge is 2.21. The minimum atomic E-state index is -3.73. The number of sulfonamides is 1. The number of carbonyl (C=O) groups is 2. The highest BCUT2D eigenvalue weighted by Crippen LogP contribution is 2.21. The van der Waals surface area contributed by atoms with Crippen LogP contribution in [0.5, 0.6) is 0 Å². The van der Waals surface area contributed by atoms with Crippen molar-refractivity contribution in [2.24, 2.45) is 0 Å². The van der Waals surface area contributed by atoms with Crippen LogP contribution in [0.4, 0.5) is 5.69 Å². The molecule has 2 rings (SSSR count). The lowest BCUT2D eigenvalue weighted by molar-refractivity contribution is -0.120. The van der Waals surface area contributed by atoms with Crippen molar-refractivity contribution in [1.82, 2.24) is 10.9 Å². The van der Waals surface area contributed by atoms with E-state index >= 15 is 0 Å². The van der Waals surface area contributed by atoms with Crippen molar-refractivity contribution in [1.29, 1.82) is 0 Å². The Morgan fingerprint density at radius 3 is 2.54 bits per heavy atom. The molecule has 1 aromatic carbocycles. The van der Waals surface area contributed by atoms with Crippen LogP contribution in [-0.4, -0.2) is 33.0 Å². The molecule has 0 unspecified atom stereocenters. The van der Waals surface area contributed by atoms with Gasteiger partial charge >= 0.3 is 5.91 Å². The number of anilines is 1. The molecule has 2 amide bonds. The summed E-state index contributed by atoms with van der Waals surface area (Å²) in [6, 6.07) is 8.98. The Kier molecular flexibility index (Phi) is 5.47. The van der Waals surface area contributed by atoms with Crippen LogP contribution in [0.1, 0.15) is 10.6 Å². The molecule has 0 fully saturated rings. The second-order valence-electron chi connectivity index (χ2n) is 4.73. The number of nitrogens with one attached hydrogen (secondary N) is 2. The van der Waals surface area contributed by atoms with Crippen molar-refractivity contribution in [3.63, 3.8) is 0 Å². The van der Waals surface area contributed by atoms with Gasteiger partial charge in [0.05, 0.1) is 18.2 Å². The zero-order valence-electron chi connectivity index (χ0n) is 12.5. The fraction of sp³-hybridized carbons (Fsp3) is 0.143. The number of hydrogen-bond acceptors (Lipinski definition) is 5. The average molecular weight is 372 g/mol. The van der Waals surface area contributed by atoms with E-state index < -0.39 is 28.4 Å². The molecule has 24 heavy (non-hydrogen) atoms. The molecule has 0 aliphatic heterocycles. The number of amides is 2. The first-order valence-electron chi connectivity index (χ1n) is 6.63. The second kappa shape index (κ2) is 7.37. The Balaban J connectivity index is 2.04. The van der Waals surface area contributed by atoms with Crippen LogP contribution >= 0.6 is 11.6 Å². The van der Waals surface area contributed by atoms with E-state index in [1.807, 2.05) is 0 Å². The number of hydrogen-bond donors (Lipinski definition) is 2. The molecule has 1 heterocycles. The predicted octanol–water partition coefficient (Wildman–Crippen LogP) is 1.16. The van der Waals surface area contributed by atoms with Crippen molar-refractivity contribution in [2.75, 3.05) is 17.1 Å². The Morgan fingerprint density at radius 1 is 1.21 bits per heavy atom. The molecule has 8 nitrogen and oxygen atoms in total. The lowest BCUT2D eigenvalue weighted by atomic mass is 10.3. The molecule has 0 saturated carbocycles. The summed E-state index contributed by atoms with van der Waals surface area (Å²) >= 11 is 5.85. The van der Waals surface area contributed by atoms with Crippen LogP contribution in [0, 0.1) is 0 Å². The Labute approximate surface area is 143 Å². The van der Waals surface area contributed by atoms with Crippen LogP contribution in [0.3, 0.4) is 0 Å². The lowest BCUT2D eigenvalue weighted by Gasteiger charge is -2.22. The fourth-order valence-corrected chi connectivity index (χ4v) is 2.83. The maximum Gasteiger partial charge on any atom is 0.305 e. The lowest BCUT2D eigenvalue weighted by Crippen LogP contribution is -2.47. The number of halogens is 1. The third-order valence-corrected chi connectivity index (χ3v) is 4.22. The smallest absolute Gasteiger partial charge is 0.305 e. The van der Waals surface area contributed by atoms with E-state index in [-0.39, 0.29) is 11.4 Å². The molecule has 0 atom stereocenters. The molecule has 0 aliphatic carbocycles. The summed E-state index contributed by atoms with van der Waals surface area (Å²) < 4.78 is 29.5. The van der Waals surface area contributed by atoms with Crippen LogP contribution < -0.4 is 15.2 Å². The zero-order valence-corrected chi connectivity index (χ0v) is 14.1. The topological polar surface area (TPSA) is 109 Å². The van der Waals surface area contributed by atoms with Gasteiger partial charge in [-0.2, -0.15) is 0 Å². The monoisotopic (exact) mass is 371 g/mol. The minimum absolute atomic E-state index is 0.00473. The summed E-state index contributed by atoms with van der Waals surface area (Å²) in [5.41, 5.74) is 4.48. The summed E-state index contributed by atoms with van der Waals surface area (Å²) in [5, 5.41) is 0.327. The van der Waals surface area contributed by atoms with Gasteiger partial charge in [0.15, 0.2) is 5.76 Å². The highest BCUT2D eigenvalue weighted by molar-refractivity contribution is 7.92. The molecule has 0 bridgehead atoms. The first kappa shape index (κ1) is 17.8. The van der Waals surface area contributed by atoms with Gasteiger partial charge in [-0.05, 0) is 30.3 Å². The predicted molar refractivity (Wildman–Crippen MR) is 88.0 cm³/mol. The first-order valence-corrected chi connectivity index (χ1v) is 8.86. The maximum absolute atomic E-state index is 11.9. The van der Waals surface area contributed by atoms with E-state index in [2.05, 4.69) is 10.9 Å². The quantitative estimate of drug-likeness (QED) is 0.766. The molecule has 2 aromatic rings. The Hall–Kier alpha value is -2.52. The largest absolute Gasteiger partial charge is 0.459 e. The van der Waals surface area contributed by atoms with Gasteiger partial charge in [0.2, 0.25) is 10.0 Å². The van der Waals surface area contributed by atoms with Crippen molar-refractivity contribution >= 4 is 39.1 Å². The third-order valence-electron chi connectivity index (χ3n) is 2.84. The molecule has 0 radical (unpaired) electrons. The van der Waals surface area contributed by atoms with Crippen LogP contribution in [0.2, 0.25) is 5.02 Å². The second-order valence-corrected chi connectivity index (χ2v) is 7.07. The maximum atomic E-state index is 11.9. The van der Waals surface area contributed by atoms with Gasteiger partial charge in [0.1, 0.15) is 6.54 Å². The van der Waals surface area contributed by atoms with Crippen LogP contribution in [-0.2, 0) is 14.8 Å². The molecule has 0 saturated heterocycles. The van der Waals surface area contributed by atoms with E-state index in [4.69, 9.17) is 16.0 Å². The van der Waals surface area contributed by atoms with E-state index in [0.29, 0.717) is 5.02 Å². The molecule has 0 spiro atoms. The van der Waals surface area contributed by atoms with Gasteiger partial charge in [-0.1, -0.05) is 17.7 Å². The summed E-state index contributed by atoms with van der Waals surface area (Å²) in [6.07, 6.45) is 2.27.